The van der Waals surface area contributed by atoms with Crippen LogP contribution in [0.4, 0.5) is 5.69 Å². The number of nitrogens with zero attached hydrogens (tertiary/aromatic N) is 1. The number of rotatable bonds is 5. The average molecular weight is 314 g/mol. The molecule has 0 aliphatic carbocycles. The predicted octanol–water partition coefficient (Wildman–Crippen LogP) is 2.68. The fourth-order valence-corrected chi connectivity index (χ4v) is 2.20. The molecule has 0 spiro atoms. The van der Waals surface area contributed by atoms with Crippen molar-refractivity contribution in [2.75, 3.05) is 18.9 Å². The van der Waals surface area contributed by atoms with Gasteiger partial charge in [-0.1, -0.05) is 18.2 Å². The van der Waals surface area contributed by atoms with Gasteiger partial charge in [-0.05, 0) is 19.9 Å². The molecule has 0 amide bonds. The van der Waals surface area contributed by atoms with E-state index in [0.717, 1.165) is 0 Å². The number of esters is 2. The molecule has 0 atom stereocenters. The van der Waals surface area contributed by atoms with Gasteiger partial charge in [0.05, 0.1) is 24.3 Å². The van der Waals surface area contributed by atoms with Crippen molar-refractivity contribution in [2.24, 2.45) is 0 Å². The molecule has 2 rings (SSSR count). The lowest BCUT2D eigenvalue weighted by Crippen LogP contribution is -2.13. The van der Waals surface area contributed by atoms with Crippen LogP contribution >= 0.6 is 0 Å². The first-order valence-electron chi connectivity index (χ1n) is 7.27. The molecule has 0 aliphatic heterocycles. The van der Waals surface area contributed by atoms with Gasteiger partial charge in [0.1, 0.15) is 0 Å². The zero-order chi connectivity index (χ0) is 16.8. The number of nitrogens with two attached hydrogens (primary N) is 1. The smallest absolute Gasteiger partial charge is 0.340 e. The minimum atomic E-state index is -0.565. The molecule has 6 nitrogen and oxygen atoms in total. The van der Waals surface area contributed by atoms with Gasteiger partial charge in [0.2, 0.25) is 0 Å². The number of pyridine rings is 1. The number of carbonyl (C=O) groups excluding carboxylic acids is 2. The molecule has 0 saturated carbocycles. The van der Waals surface area contributed by atoms with Crippen LogP contribution in [0.1, 0.15) is 34.6 Å². The molecule has 0 fully saturated rings. The molecule has 1 aromatic carbocycles. The zero-order valence-electron chi connectivity index (χ0n) is 13.0. The lowest BCUT2D eigenvalue weighted by Gasteiger charge is -2.14. The van der Waals surface area contributed by atoms with Crippen LogP contribution in [-0.2, 0) is 9.47 Å². The van der Waals surface area contributed by atoms with Crippen LogP contribution in [-0.4, -0.2) is 30.1 Å². The lowest BCUT2D eigenvalue weighted by atomic mass is 9.95. The molecule has 0 unspecified atom stereocenters. The summed E-state index contributed by atoms with van der Waals surface area (Å²) in [6, 6.07) is 6.97. The van der Waals surface area contributed by atoms with Gasteiger partial charge in [0.15, 0.2) is 0 Å². The van der Waals surface area contributed by atoms with Crippen LogP contribution in [0.25, 0.3) is 11.1 Å². The van der Waals surface area contributed by atoms with Crippen LogP contribution in [0, 0.1) is 0 Å². The van der Waals surface area contributed by atoms with E-state index in [2.05, 4.69) is 4.98 Å². The van der Waals surface area contributed by atoms with Gasteiger partial charge >= 0.3 is 11.9 Å². The number of hydrogen-bond acceptors (Lipinski definition) is 6. The lowest BCUT2D eigenvalue weighted by molar-refractivity contribution is 0.0526. The molecule has 0 bridgehead atoms. The Bertz CT molecular complexity index is 692. The number of para-hydroxylation sites is 1. The van der Waals surface area contributed by atoms with Crippen LogP contribution < -0.4 is 5.73 Å². The van der Waals surface area contributed by atoms with E-state index in [9.17, 15) is 9.59 Å². The van der Waals surface area contributed by atoms with Crippen LogP contribution in [0.15, 0.2) is 36.7 Å². The molecule has 0 aliphatic rings. The third-order valence-corrected chi connectivity index (χ3v) is 3.17. The Kier molecular flexibility index (Phi) is 5.30. The highest BCUT2D eigenvalue weighted by Gasteiger charge is 2.23. The normalized spacial score (nSPS) is 10.2. The van der Waals surface area contributed by atoms with Gasteiger partial charge in [0.25, 0.3) is 0 Å². The topological polar surface area (TPSA) is 91.5 Å². The van der Waals surface area contributed by atoms with E-state index >= 15 is 0 Å². The van der Waals surface area contributed by atoms with Crippen LogP contribution in [0.2, 0.25) is 0 Å². The number of hydrogen-bond donors (Lipinski definition) is 1. The minimum absolute atomic E-state index is 0.176. The van der Waals surface area contributed by atoms with Crippen LogP contribution in [0.3, 0.4) is 0 Å². The largest absolute Gasteiger partial charge is 0.462 e. The summed E-state index contributed by atoms with van der Waals surface area (Å²) < 4.78 is 10.1. The van der Waals surface area contributed by atoms with Gasteiger partial charge < -0.3 is 15.2 Å². The fourth-order valence-electron chi connectivity index (χ4n) is 2.20. The van der Waals surface area contributed by atoms with Gasteiger partial charge in [-0.25, -0.2) is 9.59 Å². The second-order valence-electron chi connectivity index (χ2n) is 4.64. The van der Waals surface area contributed by atoms with Gasteiger partial charge in [-0.2, -0.15) is 0 Å². The van der Waals surface area contributed by atoms with Gasteiger partial charge in [-0.3, -0.25) is 4.98 Å². The van der Waals surface area contributed by atoms with E-state index < -0.39 is 11.9 Å². The Morgan fingerprint density at radius 3 is 2.00 bits per heavy atom. The van der Waals surface area contributed by atoms with E-state index in [4.69, 9.17) is 15.2 Å². The summed E-state index contributed by atoms with van der Waals surface area (Å²) in [5.74, 6) is -1.13. The van der Waals surface area contributed by atoms with E-state index in [1.807, 2.05) is 0 Å². The summed E-state index contributed by atoms with van der Waals surface area (Å²) in [5, 5.41) is 0. The van der Waals surface area contributed by atoms with Crippen molar-refractivity contribution in [3.8, 4) is 11.1 Å². The van der Waals surface area contributed by atoms with Crippen molar-refractivity contribution < 1.29 is 19.1 Å². The highest BCUT2D eigenvalue weighted by molar-refractivity contribution is 6.07. The van der Waals surface area contributed by atoms with Crippen molar-refractivity contribution in [2.45, 2.75) is 13.8 Å². The van der Waals surface area contributed by atoms with E-state index in [1.165, 1.54) is 12.4 Å². The van der Waals surface area contributed by atoms with Crippen molar-refractivity contribution in [3.63, 3.8) is 0 Å². The van der Waals surface area contributed by atoms with Crippen LogP contribution in [0.5, 0.6) is 0 Å². The summed E-state index contributed by atoms with van der Waals surface area (Å²) >= 11 is 0. The minimum Gasteiger partial charge on any atom is -0.462 e. The van der Waals surface area contributed by atoms with Crippen molar-refractivity contribution >= 4 is 17.6 Å². The SMILES string of the molecule is CCOC(=O)c1cncc(C(=O)OCC)c1-c1ccccc1N. The van der Waals surface area contributed by atoms with Gasteiger partial charge in [0, 0.05) is 29.2 Å². The highest BCUT2D eigenvalue weighted by atomic mass is 16.5. The zero-order valence-corrected chi connectivity index (χ0v) is 13.0. The summed E-state index contributed by atoms with van der Waals surface area (Å²) in [5.41, 5.74) is 7.73. The maximum Gasteiger partial charge on any atom is 0.340 e. The predicted molar refractivity (Wildman–Crippen MR) is 86.0 cm³/mol. The number of benzene rings is 1. The molecular weight excluding hydrogens is 296 g/mol. The van der Waals surface area contributed by atoms with E-state index in [1.54, 1.807) is 38.1 Å². The van der Waals surface area contributed by atoms with Crippen molar-refractivity contribution in [1.82, 2.24) is 4.98 Å². The summed E-state index contributed by atoms with van der Waals surface area (Å²) in [7, 11) is 0. The van der Waals surface area contributed by atoms with Gasteiger partial charge in [-0.15, -0.1) is 0 Å². The Morgan fingerprint density at radius 1 is 1.00 bits per heavy atom. The average Bonchev–Trinajstić information content (AvgIpc) is 2.55. The first-order valence-corrected chi connectivity index (χ1v) is 7.27. The second kappa shape index (κ2) is 7.40. The Hall–Kier alpha value is -2.89. The molecule has 0 radical (unpaired) electrons. The first-order chi connectivity index (χ1) is 11.1. The number of carbonyl (C=O) groups is 2. The summed E-state index contributed by atoms with van der Waals surface area (Å²) in [6.07, 6.45) is 2.73. The third kappa shape index (κ3) is 3.48. The Balaban J connectivity index is 2.70. The third-order valence-electron chi connectivity index (χ3n) is 3.17. The molecule has 2 aromatic rings. The monoisotopic (exact) mass is 314 g/mol. The molecular formula is C17H18N2O4. The fraction of sp³-hybridized carbons (Fsp3) is 0.235. The number of nitrogen functional groups attached to an aromatic ring is 1. The van der Waals surface area contributed by atoms with Crippen molar-refractivity contribution in [1.29, 1.82) is 0 Å². The molecule has 120 valence electrons. The standard InChI is InChI=1S/C17H18N2O4/c1-3-22-16(20)12-9-19-10-13(17(21)23-4-2)15(12)11-7-5-6-8-14(11)18/h5-10H,3-4,18H2,1-2H3. The number of anilines is 1. The first kappa shape index (κ1) is 16.5. The van der Waals surface area contributed by atoms with Crippen molar-refractivity contribution in [3.05, 3.63) is 47.8 Å². The maximum atomic E-state index is 12.2. The van der Waals surface area contributed by atoms with E-state index in [0.29, 0.717) is 16.8 Å². The van der Waals surface area contributed by atoms with E-state index in [-0.39, 0.29) is 24.3 Å². The molecule has 0 saturated heterocycles. The highest BCUT2D eigenvalue weighted by Crippen LogP contribution is 2.32. The molecule has 23 heavy (non-hydrogen) atoms. The number of aromatic nitrogens is 1. The summed E-state index contributed by atoms with van der Waals surface area (Å²) in [6.45, 7) is 3.84. The molecule has 6 heteroatoms. The maximum absolute atomic E-state index is 12.2. The number of ether oxygens (including phenoxy) is 2. The molecule has 1 heterocycles. The Morgan fingerprint density at radius 2 is 1.52 bits per heavy atom. The second-order valence-corrected chi connectivity index (χ2v) is 4.64. The Labute approximate surface area is 134 Å². The molecule has 1 aromatic heterocycles. The quantitative estimate of drug-likeness (QED) is 0.674. The molecule has 2 N–H and O–H groups in total. The summed E-state index contributed by atoms with van der Waals surface area (Å²) in [4.78, 5) is 28.4.